The van der Waals surface area contributed by atoms with E-state index in [1.54, 1.807) is 20.8 Å². The van der Waals surface area contributed by atoms with Crippen molar-refractivity contribution < 1.29 is 32.6 Å². The second-order valence-corrected chi connectivity index (χ2v) is 7.69. The summed E-state index contributed by atoms with van der Waals surface area (Å²) >= 11 is 0. The first kappa shape index (κ1) is 21.9. The molecule has 0 aliphatic heterocycles. The molecule has 0 bridgehead atoms. The molecule has 31 heavy (non-hydrogen) atoms. The molecule has 0 fully saturated rings. The van der Waals surface area contributed by atoms with Gasteiger partial charge in [-0.05, 0) is 44.5 Å². The van der Waals surface area contributed by atoms with Crippen LogP contribution in [0.5, 0.6) is 5.75 Å². The van der Waals surface area contributed by atoms with Crippen molar-refractivity contribution in [1.82, 2.24) is 5.32 Å². The van der Waals surface area contributed by atoms with Crippen LogP contribution in [0.25, 0.3) is 22.1 Å². The first-order valence-electron chi connectivity index (χ1n) is 9.22. The first-order valence-corrected chi connectivity index (χ1v) is 9.22. The molecule has 1 amide bonds. The lowest BCUT2D eigenvalue weighted by atomic mass is 10.0. The van der Waals surface area contributed by atoms with E-state index in [0.29, 0.717) is 0 Å². The summed E-state index contributed by atoms with van der Waals surface area (Å²) in [5.41, 5.74) is -2.32. The van der Waals surface area contributed by atoms with E-state index in [-0.39, 0.29) is 22.1 Å². The minimum Gasteiger partial charge on any atom is -0.506 e. The zero-order chi connectivity index (χ0) is 22.9. The van der Waals surface area contributed by atoms with Crippen molar-refractivity contribution in [1.29, 1.82) is 0 Å². The van der Waals surface area contributed by atoms with Crippen molar-refractivity contribution in [2.24, 2.45) is 0 Å². The maximum absolute atomic E-state index is 13.6. The third-order valence-electron chi connectivity index (χ3n) is 4.18. The number of rotatable bonds is 4. The fourth-order valence-electron chi connectivity index (χ4n) is 2.92. The summed E-state index contributed by atoms with van der Waals surface area (Å²) in [5.74, 6) is -4.57. The molecule has 9 heteroatoms. The summed E-state index contributed by atoms with van der Waals surface area (Å²) in [7, 11) is 0. The SMILES string of the molecule is CC(C)(C)OC(=O)CNC(=O)c1c(O)c2cccc(-c3ccc(F)c(F)c3)c2oc1=O. The maximum Gasteiger partial charge on any atom is 0.353 e. The minimum absolute atomic E-state index is 0.00394. The van der Waals surface area contributed by atoms with E-state index >= 15 is 0 Å². The topological polar surface area (TPSA) is 106 Å². The highest BCUT2D eigenvalue weighted by molar-refractivity contribution is 6.04. The number of hydrogen-bond donors (Lipinski definition) is 2. The van der Waals surface area contributed by atoms with Crippen LogP contribution in [0.15, 0.2) is 45.6 Å². The molecule has 3 rings (SSSR count). The number of para-hydroxylation sites is 1. The van der Waals surface area contributed by atoms with Gasteiger partial charge in [-0.15, -0.1) is 0 Å². The van der Waals surface area contributed by atoms with Crippen molar-refractivity contribution in [3.05, 3.63) is 64.0 Å². The summed E-state index contributed by atoms with van der Waals surface area (Å²) in [6.07, 6.45) is 0. The molecular weight excluding hydrogens is 412 g/mol. The molecule has 2 aromatic carbocycles. The zero-order valence-electron chi connectivity index (χ0n) is 16.9. The predicted molar refractivity (Wildman–Crippen MR) is 108 cm³/mol. The highest BCUT2D eigenvalue weighted by Gasteiger charge is 2.24. The molecule has 0 saturated carbocycles. The molecule has 0 atom stereocenters. The summed E-state index contributed by atoms with van der Waals surface area (Å²) in [6, 6.07) is 7.48. The Labute approximate surface area is 175 Å². The van der Waals surface area contributed by atoms with E-state index in [0.717, 1.165) is 12.1 Å². The molecular formula is C22H19F2NO6. The van der Waals surface area contributed by atoms with E-state index in [2.05, 4.69) is 5.32 Å². The number of ether oxygens (including phenoxy) is 1. The van der Waals surface area contributed by atoms with Crippen LogP contribution in [0.3, 0.4) is 0 Å². The third-order valence-corrected chi connectivity index (χ3v) is 4.18. The second-order valence-electron chi connectivity index (χ2n) is 7.69. The molecule has 2 N–H and O–H groups in total. The normalized spacial score (nSPS) is 11.4. The molecule has 0 saturated heterocycles. The highest BCUT2D eigenvalue weighted by atomic mass is 19.2. The van der Waals surface area contributed by atoms with Crippen LogP contribution in [-0.4, -0.2) is 29.1 Å². The Bertz CT molecular complexity index is 1240. The summed E-state index contributed by atoms with van der Waals surface area (Å²) in [4.78, 5) is 36.6. The number of fused-ring (bicyclic) bond motifs is 1. The van der Waals surface area contributed by atoms with E-state index in [4.69, 9.17) is 9.15 Å². The minimum atomic E-state index is -1.17. The molecule has 0 spiro atoms. The van der Waals surface area contributed by atoms with Gasteiger partial charge in [-0.1, -0.05) is 18.2 Å². The predicted octanol–water partition coefficient (Wildman–Crippen LogP) is 3.52. The Kier molecular flexibility index (Phi) is 5.79. The standard InChI is InChI=1S/C22H19F2NO6/c1-22(2,3)31-16(26)10-25-20(28)17-18(27)13-6-4-5-12(19(13)30-21(17)29)11-7-8-14(23)15(24)9-11/h4-9,27H,10H2,1-3H3,(H,25,28). The lowest BCUT2D eigenvalue weighted by Crippen LogP contribution is -2.36. The third kappa shape index (κ3) is 4.71. The van der Waals surface area contributed by atoms with Gasteiger partial charge in [-0.3, -0.25) is 9.59 Å². The molecule has 0 aliphatic rings. The molecule has 1 aromatic heterocycles. The van der Waals surface area contributed by atoms with Crippen molar-refractivity contribution in [2.75, 3.05) is 6.54 Å². The zero-order valence-corrected chi connectivity index (χ0v) is 16.9. The molecule has 0 aliphatic carbocycles. The summed E-state index contributed by atoms with van der Waals surface area (Å²) < 4.78 is 37.2. The van der Waals surface area contributed by atoms with Crippen LogP contribution in [0.2, 0.25) is 0 Å². The number of benzene rings is 2. The second kappa shape index (κ2) is 8.17. The van der Waals surface area contributed by atoms with Crippen LogP contribution < -0.4 is 10.9 Å². The van der Waals surface area contributed by atoms with Gasteiger partial charge in [0.1, 0.15) is 23.5 Å². The van der Waals surface area contributed by atoms with Crippen molar-refractivity contribution in [2.45, 2.75) is 26.4 Å². The van der Waals surface area contributed by atoms with Gasteiger partial charge in [0, 0.05) is 5.56 Å². The number of halogens is 2. The van der Waals surface area contributed by atoms with Gasteiger partial charge in [-0.25, -0.2) is 13.6 Å². The number of aromatic hydroxyl groups is 1. The number of carbonyl (C=O) groups is 2. The largest absolute Gasteiger partial charge is 0.506 e. The number of hydrogen-bond acceptors (Lipinski definition) is 6. The van der Waals surface area contributed by atoms with Gasteiger partial charge in [0.25, 0.3) is 5.91 Å². The Morgan fingerprint density at radius 3 is 2.48 bits per heavy atom. The lowest BCUT2D eigenvalue weighted by Gasteiger charge is -2.19. The summed E-state index contributed by atoms with van der Waals surface area (Å²) in [6.45, 7) is 4.44. The fourth-order valence-corrected chi connectivity index (χ4v) is 2.92. The molecule has 0 unspecified atom stereocenters. The smallest absolute Gasteiger partial charge is 0.353 e. The average molecular weight is 431 g/mol. The Morgan fingerprint density at radius 1 is 1.13 bits per heavy atom. The van der Waals surface area contributed by atoms with Gasteiger partial charge in [0.05, 0.1) is 5.39 Å². The molecule has 1 heterocycles. The quantitative estimate of drug-likeness (QED) is 0.484. The van der Waals surface area contributed by atoms with E-state index in [1.807, 2.05) is 0 Å². The van der Waals surface area contributed by atoms with Crippen LogP contribution in [0, 0.1) is 11.6 Å². The van der Waals surface area contributed by atoms with E-state index in [9.17, 15) is 28.3 Å². The van der Waals surface area contributed by atoms with E-state index in [1.165, 1.54) is 24.3 Å². The van der Waals surface area contributed by atoms with Crippen molar-refractivity contribution in [3.63, 3.8) is 0 Å². The number of nitrogens with one attached hydrogen (secondary N) is 1. The number of carbonyl (C=O) groups excluding carboxylic acids is 2. The number of esters is 1. The Hall–Kier alpha value is -3.75. The van der Waals surface area contributed by atoms with Gasteiger partial charge >= 0.3 is 11.6 Å². The average Bonchev–Trinajstić information content (AvgIpc) is 2.67. The van der Waals surface area contributed by atoms with Crippen LogP contribution in [0.4, 0.5) is 8.78 Å². The van der Waals surface area contributed by atoms with Crippen LogP contribution in [0.1, 0.15) is 31.1 Å². The number of amides is 1. The monoisotopic (exact) mass is 431 g/mol. The molecule has 7 nitrogen and oxygen atoms in total. The van der Waals surface area contributed by atoms with Gasteiger partial charge in [0.15, 0.2) is 17.2 Å². The van der Waals surface area contributed by atoms with Gasteiger partial charge in [0.2, 0.25) is 0 Å². The van der Waals surface area contributed by atoms with Crippen LogP contribution in [-0.2, 0) is 9.53 Å². The van der Waals surface area contributed by atoms with Crippen LogP contribution >= 0.6 is 0 Å². The summed E-state index contributed by atoms with van der Waals surface area (Å²) in [5, 5.41) is 12.8. The fraction of sp³-hybridized carbons (Fsp3) is 0.227. The first-order chi connectivity index (χ1) is 14.5. The van der Waals surface area contributed by atoms with Gasteiger partial charge < -0.3 is 19.6 Å². The maximum atomic E-state index is 13.6. The molecule has 3 aromatic rings. The molecule has 0 radical (unpaired) electrons. The lowest BCUT2D eigenvalue weighted by molar-refractivity contribution is -0.153. The molecule has 162 valence electrons. The van der Waals surface area contributed by atoms with Gasteiger partial charge in [-0.2, -0.15) is 0 Å². The van der Waals surface area contributed by atoms with Crippen molar-refractivity contribution in [3.8, 4) is 16.9 Å². The Balaban J connectivity index is 1.99. The Morgan fingerprint density at radius 2 is 1.84 bits per heavy atom. The van der Waals surface area contributed by atoms with Crippen molar-refractivity contribution >= 4 is 22.8 Å². The van der Waals surface area contributed by atoms with E-state index < -0.39 is 52.6 Å². The highest BCUT2D eigenvalue weighted by Crippen LogP contribution is 2.34.